The highest BCUT2D eigenvalue weighted by atomic mass is 16.5. The van der Waals surface area contributed by atoms with E-state index in [1.165, 1.54) is 7.11 Å². The highest BCUT2D eigenvalue weighted by molar-refractivity contribution is 6.00. The van der Waals surface area contributed by atoms with Gasteiger partial charge in [0, 0.05) is 24.4 Å². The van der Waals surface area contributed by atoms with Crippen LogP contribution in [0.5, 0.6) is 11.5 Å². The van der Waals surface area contributed by atoms with Crippen LogP contribution < -0.4 is 14.8 Å². The van der Waals surface area contributed by atoms with Gasteiger partial charge in [-0.15, -0.1) is 0 Å². The van der Waals surface area contributed by atoms with Gasteiger partial charge in [-0.25, -0.2) is 0 Å². The second-order valence-corrected chi connectivity index (χ2v) is 7.92. The van der Waals surface area contributed by atoms with Crippen molar-refractivity contribution < 1.29 is 23.8 Å². The van der Waals surface area contributed by atoms with Crippen LogP contribution in [-0.4, -0.2) is 56.2 Å². The number of carbonyl (C=O) groups excluding carboxylic acids is 2. The Bertz CT molecular complexity index is 953. The maximum absolute atomic E-state index is 13.4. The standard InChI is InChI=1S/C25H32N2O5/c1-5-31-22-12-11-19(14-23(22)30-4)25(29)27(15-20-9-7-13-32-20)16-24(28)26-21-10-6-8-17(2)18(21)3/h6,8,10-12,14,20H,5,7,9,13,15-16H2,1-4H3,(H,26,28)/t20-/m1/s1. The molecule has 172 valence electrons. The van der Waals surface area contributed by atoms with Crippen molar-refractivity contribution in [3.8, 4) is 11.5 Å². The van der Waals surface area contributed by atoms with Crippen LogP contribution in [0.3, 0.4) is 0 Å². The molecule has 0 spiro atoms. The van der Waals surface area contributed by atoms with E-state index in [2.05, 4.69) is 5.32 Å². The third-order valence-electron chi connectivity index (χ3n) is 5.66. The quantitative estimate of drug-likeness (QED) is 0.638. The summed E-state index contributed by atoms with van der Waals surface area (Å²) in [7, 11) is 1.54. The zero-order valence-electron chi connectivity index (χ0n) is 19.3. The van der Waals surface area contributed by atoms with Crippen molar-refractivity contribution in [3.05, 3.63) is 53.1 Å². The first-order valence-electron chi connectivity index (χ1n) is 11.0. The fourth-order valence-corrected chi connectivity index (χ4v) is 3.76. The first-order chi connectivity index (χ1) is 15.4. The summed E-state index contributed by atoms with van der Waals surface area (Å²) < 4.78 is 16.7. The number of amides is 2. The summed E-state index contributed by atoms with van der Waals surface area (Å²) in [5.41, 5.74) is 3.29. The molecule has 0 bridgehead atoms. The summed E-state index contributed by atoms with van der Waals surface area (Å²) in [5.74, 6) is 0.556. The van der Waals surface area contributed by atoms with Gasteiger partial charge >= 0.3 is 0 Å². The lowest BCUT2D eigenvalue weighted by Crippen LogP contribution is -2.42. The van der Waals surface area contributed by atoms with E-state index in [1.807, 2.05) is 39.0 Å². The molecule has 1 atom stereocenters. The molecule has 0 aromatic heterocycles. The summed E-state index contributed by atoms with van der Waals surface area (Å²) >= 11 is 0. The lowest BCUT2D eigenvalue weighted by Gasteiger charge is -2.25. The molecule has 0 aliphatic carbocycles. The van der Waals surface area contributed by atoms with E-state index in [4.69, 9.17) is 14.2 Å². The van der Waals surface area contributed by atoms with Gasteiger partial charge in [0.2, 0.25) is 5.91 Å². The van der Waals surface area contributed by atoms with Gasteiger partial charge in [0.25, 0.3) is 5.91 Å². The Morgan fingerprint density at radius 1 is 1.19 bits per heavy atom. The second kappa shape index (κ2) is 11.0. The number of aryl methyl sites for hydroxylation is 1. The molecule has 1 fully saturated rings. The Morgan fingerprint density at radius 2 is 2.00 bits per heavy atom. The minimum absolute atomic E-state index is 0.0679. The van der Waals surface area contributed by atoms with Gasteiger partial charge in [0.15, 0.2) is 11.5 Å². The molecule has 0 saturated carbocycles. The minimum atomic E-state index is -0.252. The Labute approximate surface area is 189 Å². The number of methoxy groups -OCH3 is 1. The van der Waals surface area contributed by atoms with Gasteiger partial charge in [-0.2, -0.15) is 0 Å². The molecular weight excluding hydrogens is 408 g/mol. The van der Waals surface area contributed by atoms with Crippen LogP contribution in [0.2, 0.25) is 0 Å². The number of hydrogen-bond acceptors (Lipinski definition) is 5. The zero-order valence-corrected chi connectivity index (χ0v) is 19.3. The van der Waals surface area contributed by atoms with Gasteiger partial charge in [-0.05, 0) is 69.0 Å². The number of nitrogens with zero attached hydrogens (tertiary/aromatic N) is 1. The van der Waals surface area contributed by atoms with Crippen molar-refractivity contribution in [2.45, 2.75) is 39.7 Å². The smallest absolute Gasteiger partial charge is 0.254 e. The molecule has 32 heavy (non-hydrogen) atoms. The van der Waals surface area contributed by atoms with Gasteiger partial charge in [0.1, 0.15) is 6.54 Å². The zero-order chi connectivity index (χ0) is 23.1. The fourth-order valence-electron chi connectivity index (χ4n) is 3.76. The molecule has 1 aliphatic heterocycles. The summed E-state index contributed by atoms with van der Waals surface area (Å²) in [6, 6.07) is 10.8. The van der Waals surface area contributed by atoms with E-state index < -0.39 is 0 Å². The second-order valence-electron chi connectivity index (χ2n) is 7.92. The lowest BCUT2D eigenvalue weighted by molar-refractivity contribution is -0.117. The SMILES string of the molecule is CCOc1ccc(C(=O)N(CC(=O)Nc2cccc(C)c2C)C[C@H]2CCCO2)cc1OC. The predicted octanol–water partition coefficient (Wildman–Crippen LogP) is 3.97. The Kier molecular flexibility index (Phi) is 8.11. The van der Waals surface area contributed by atoms with Crippen LogP contribution in [0.4, 0.5) is 5.69 Å². The first-order valence-corrected chi connectivity index (χ1v) is 11.0. The van der Waals surface area contributed by atoms with Crippen molar-refractivity contribution in [2.24, 2.45) is 0 Å². The molecule has 7 heteroatoms. The highest BCUT2D eigenvalue weighted by Crippen LogP contribution is 2.29. The molecule has 7 nitrogen and oxygen atoms in total. The average molecular weight is 441 g/mol. The van der Waals surface area contributed by atoms with Crippen molar-refractivity contribution in [1.29, 1.82) is 0 Å². The average Bonchev–Trinajstić information content (AvgIpc) is 3.29. The monoisotopic (exact) mass is 440 g/mol. The van der Waals surface area contributed by atoms with Crippen LogP contribution >= 0.6 is 0 Å². The molecule has 2 aromatic rings. The van der Waals surface area contributed by atoms with E-state index in [0.717, 1.165) is 29.7 Å². The van der Waals surface area contributed by atoms with Crippen LogP contribution in [-0.2, 0) is 9.53 Å². The van der Waals surface area contributed by atoms with Crippen molar-refractivity contribution in [3.63, 3.8) is 0 Å². The minimum Gasteiger partial charge on any atom is -0.493 e. The normalized spacial score (nSPS) is 15.3. The van der Waals surface area contributed by atoms with Gasteiger partial charge in [0.05, 0.1) is 19.8 Å². The molecule has 2 amide bonds. The maximum Gasteiger partial charge on any atom is 0.254 e. The summed E-state index contributed by atoms with van der Waals surface area (Å²) in [6.07, 6.45) is 1.75. The number of ether oxygens (including phenoxy) is 3. The summed E-state index contributed by atoms with van der Waals surface area (Å²) in [6.45, 7) is 7.31. The van der Waals surface area contributed by atoms with Crippen molar-refractivity contribution >= 4 is 17.5 Å². The number of anilines is 1. The topological polar surface area (TPSA) is 77.1 Å². The van der Waals surface area contributed by atoms with Crippen molar-refractivity contribution in [1.82, 2.24) is 4.90 Å². The largest absolute Gasteiger partial charge is 0.493 e. The van der Waals surface area contributed by atoms with Gasteiger partial charge in [-0.3, -0.25) is 9.59 Å². The van der Waals surface area contributed by atoms with Crippen LogP contribution in [0.15, 0.2) is 36.4 Å². The number of rotatable bonds is 9. The molecule has 3 rings (SSSR count). The van der Waals surface area contributed by atoms with Crippen LogP contribution in [0, 0.1) is 13.8 Å². The third kappa shape index (κ3) is 5.79. The first kappa shape index (κ1) is 23.6. The van der Waals surface area contributed by atoms with Crippen molar-refractivity contribution in [2.75, 3.05) is 38.7 Å². The number of benzene rings is 2. The van der Waals surface area contributed by atoms with E-state index in [0.29, 0.717) is 36.8 Å². The molecule has 1 aliphatic rings. The van der Waals surface area contributed by atoms with Gasteiger partial charge in [-0.1, -0.05) is 12.1 Å². The number of hydrogen-bond donors (Lipinski definition) is 1. The van der Waals surface area contributed by atoms with E-state index in [-0.39, 0.29) is 24.5 Å². The molecule has 1 heterocycles. The molecule has 0 unspecified atom stereocenters. The molecule has 0 radical (unpaired) electrons. The Hall–Kier alpha value is -3.06. The van der Waals surface area contributed by atoms with Crippen LogP contribution in [0.25, 0.3) is 0 Å². The fraction of sp³-hybridized carbons (Fsp3) is 0.440. The van der Waals surface area contributed by atoms with E-state index >= 15 is 0 Å². The highest BCUT2D eigenvalue weighted by Gasteiger charge is 2.26. The van der Waals surface area contributed by atoms with Gasteiger partial charge < -0.3 is 24.4 Å². The molecule has 1 N–H and O–H groups in total. The molecule has 2 aromatic carbocycles. The van der Waals surface area contributed by atoms with E-state index in [9.17, 15) is 9.59 Å². The van der Waals surface area contributed by atoms with E-state index in [1.54, 1.807) is 23.1 Å². The number of carbonyl (C=O) groups is 2. The predicted molar refractivity (Wildman–Crippen MR) is 124 cm³/mol. The van der Waals surface area contributed by atoms with Crippen LogP contribution in [0.1, 0.15) is 41.3 Å². The third-order valence-corrected chi connectivity index (χ3v) is 5.66. The molecular formula is C25H32N2O5. The summed E-state index contributed by atoms with van der Waals surface area (Å²) in [5, 5.41) is 2.94. The maximum atomic E-state index is 13.4. The Balaban J connectivity index is 1.79. The number of nitrogens with one attached hydrogen (secondary N) is 1. The summed E-state index contributed by atoms with van der Waals surface area (Å²) in [4.78, 5) is 27.8. The Morgan fingerprint density at radius 3 is 2.69 bits per heavy atom. The lowest BCUT2D eigenvalue weighted by atomic mass is 10.1. The molecule has 1 saturated heterocycles.